The zero-order valence-corrected chi connectivity index (χ0v) is 11.9. The molecule has 0 aromatic heterocycles. The van der Waals surface area contributed by atoms with Crippen LogP contribution in [-0.2, 0) is 4.74 Å². The topological polar surface area (TPSA) is 38.8 Å². The van der Waals surface area contributed by atoms with Gasteiger partial charge in [-0.05, 0) is 25.2 Å². The van der Waals surface area contributed by atoms with Crippen LogP contribution < -0.4 is 4.74 Å². The molecule has 98 valence electrons. The maximum atomic E-state index is 10.8. The van der Waals surface area contributed by atoms with E-state index in [0.717, 1.165) is 30.5 Å². The van der Waals surface area contributed by atoms with Crippen molar-refractivity contribution >= 4 is 22.2 Å². The number of carbonyl (C=O) groups excluding carboxylic acids is 1. The van der Waals surface area contributed by atoms with Crippen molar-refractivity contribution < 1.29 is 14.3 Å². The van der Waals surface area contributed by atoms with E-state index in [1.54, 1.807) is 6.07 Å². The number of aldehydes is 1. The first-order valence-corrected chi connectivity index (χ1v) is 6.66. The summed E-state index contributed by atoms with van der Waals surface area (Å²) in [7, 11) is 2.07. The number of carbonyl (C=O) groups is 1. The number of rotatable bonds is 4. The standard InChI is InChI=1S/C13H16BrNO3/c1-15-4-5-17-12(7-15)9-18-11-2-3-13(14)10(6-11)8-16/h2-3,6,8,12H,4-5,7,9H2,1H3. The van der Waals surface area contributed by atoms with E-state index in [2.05, 4.69) is 27.9 Å². The summed E-state index contributed by atoms with van der Waals surface area (Å²) in [6.45, 7) is 3.08. The SMILES string of the molecule is CN1CCOC(COc2ccc(Br)c(C=O)c2)C1. The Morgan fingerprint density at radius 1 is 1.61 bits per heavy atom. The Morgan fingerprint density at radius 3 is 3.17 bits per heavy atom. The molecule has 1 saturated heterocycles. The fourth-order valence-corrected chi connectivity index (χ4v) is 2.20. The van der Waals surface area contributed by atoms with Crippen molar-refractivity contribution in [2.24, 2.45) is 0 Å². The van der Waals surface area contributed by atoms with Gasteiger partial charge < -0.3 is 14.4 Å². The van der Waals surface area contributed by atoms with E-state index in [9.17, 15) is 4.79 Å². The molecule has 2 rings (SSSR count). The largest absolute Gasteiger partial charge is 0.491 e. The lowest BCUT2D eigenvalue weighted by Crippen LogP contribution is -2.42. The van der Waals surface area contributed by atoms with E-state index >= 15 is 0 Å². The van der Waals surface area contributed by atoms with Gasteiger partial charge in [-0.1, -0.05) is 15.9 Å². The Balaban J connectivity index is 1.91. The fraction of sp³-hybridized carbons (Fsp3) is 0.462. The van der Waals surface area contributed by atoms with Gasteiger partial charge in [-0.25, -0.2) is 0 Å². The Hall–Kier alpha value is -0.910. The number of benzene rings is 1. The second-order valence-electron chi connectivity index (χ2n) is 4.37. The third kappa shape index (κ3) is 3.54. The highest BCUT2D eigenvalue weighted by Crippen LogP contribution is 2.21. The minimum Gasteiger partial charge on any atom is -0.491 e. The monoisotopic (exact) mass is 313 g/mol. The van der Waals surface area contributed by atoms with Crippen molar-refractivity contribution in [2.45, 2.75) is 6.10 Å². The first-order chi connectivity index (χ1) is 8.69. The summed E-state index contributed by atoms with van der Waals surface area (Å²) in [6.07, 6.45) is 0.897. The summed E-state index contributed by atoms with van der Waals surface area (Å²) in [5.74, 6) is 0.692. The van der Waals surface area contributed by atoms with Crippen molar-refractivity contribution in [2.75, 3.05) is 33.4 Å². The first-order valence-electron chi connectivity index (χ1n) is 5.86. The Kier molecular flexibility index (Phi) is 4.74. The van der Waals surface area contributed by atoms with Crippen molar-refractivity contribution in [3.63, 3.8) is 0 Å². The molecule has 1 aromatic rings. The van der Waals surface area contributed by atoms with Crippen LogP contribution in [0.4, 0.5) is 0 Å². The van der Waals surface area contributed by atoms with Gasteiger partial charge in [-0.3, -0.25) is 4.79 Å². The molecule has 0 N–H and O–H groups in total. The summed E-state index contributed by atoms with van der Waals surface area (Å²) in [5.41, 5.74) is 0.592. The summed E-state index contributed by atoms with van der Waals surface area (Å²) in [4.78, 5) is 13.0. The molecule has 1 heterocycles. The lowest BCUT2D eigenvalue weighted by Gasteiger charge is -2.29. The van der Waals surface area contributed by atoms with E-state index in [1.165, 1.54) is 0 Å². The second kappa shape index (κ2) is 6.31. The molecule has 0 radical (unpaired) electrons. The molecule has 1 atom stereocenters. The third-order valence-corrected chi connectivity index (χ3v) is 3.59. The Labute approximate surface area is 115 Å². The maximum Gasteiger partial charge on any atom is 0.151 e. The van der Waals surface area contributed by atoms with Crippen LogP contribution in [0.3, 0.4) is 0 Å². The van der Waals surface area contributed by atoms with E-state index in [-0.39, 0.29) is 6.10 Å². The molecule has 5 heteroatoms. The second-order valence-corrected chi connectivity index (χ2v) is 5.22. The van der Waals surface area contributed by atoms with Gasteiger partial charge in [0.2, 0.25) is 0 Å². The number of likely N-dealkylation sites (N-methyl/N-ethyl adjacent to an activating group) is 1. The predicted molar refractivity (Wildman–Crippen MR) is 72.3 cm³/mol. The molecule has 0 aliphatic carbocycles. The van der Waals surface area contributed by atoms with Gasteiger partial charge in [0.05, 0.1) is 6.61 Å². The molecule has 0 bridgehead atoms. The van der Waals surface area contributed by atoms with Gasteiger partial charge in [0.1, 0.15) is 18.5 Å². The van der Waals surface area contributed by atoms with Crippen LogP contribution >= 0.6 is 15.9 Å². The Morgan fingerprint density at radius 2 is 2.44 bits per heavy atom. The molecule has 18 heavy (non-hydrogen) atoms. The summed E-state index contributed by atoms with van der Waals surface area (Å²) in [5, 5.41) is 0. The minimum absolute atomic E-state index is 0.0899. The normalized spacial score (nSPS) is 20.7. The van der Waals surface area contributed by atoms with Crippen LogP contribution in [0.2, 0.25) is 0 Å². The number of ether oxygens (including phenoxy) is 2. The summed E-state index contributed by atoms with van der Waals surface area (Å²) >= 11 is 3.31. The zero-order chi connectivity index (χ0) is 13.0. The molecule has 1 unspecified atom stereocenters. The van der Waals surface area contributed by atoms with Gasteiger partial charge in [0.15, 0.2) is 6.29 Å². The molecule has 4 nitrogen and oxygen atoms in total. The van der Waals surface area contributed by atoms with Crippen LogP contribution in [-0.4, -0.2) is 50.6 Å². The van der Waals surface area contributed by atoms with Crippen molar-refractivity contribution in [3.8, 4) is 5.75 Å². The van der Waals surface area contributed by atoms with Gasteiger partial charge in [0, 0.05) is 23.1 Å². The van der Waals surface area contributed by atoms with Crippen molar-refractivity contribution in [1.82, 2.24) is 4.90 Å². The quantitative estimate of drug-likeness (QED) is 0.797. The number of nitrogens with zero attached hydrogens (tertiary/aromatic N) is 1. The molecular weight excluding hydrogens is 298 g/mol. The fourth-order valence-electron chi connectivity index (χ4n) is 1.86. The molecule has 1 aliphatic heterocycles. The molecular formula is C13H16BrNO3. The van der Waals surface area contributed by atoms with Crippen LogP contribution in [0.1, 0.15) is 10.4 Å². The van der Waals surface area contributed by atoms with E-state index < -0.39 is 0 Å². The molecule has 1 aromatic carbocycles. The molecule has 1 fully saturated rings. The minimum atomic E-state index is 0.0899. The highest BCUT2D eigenvalue weighted by Gasteiger charge is 2.18. The lowest BCUT2D eigenvalue weighted by molar-refractivity contribution is -0.0403. The average Bonchev–Trinajstić information content (AvgIpc) is 2.38. The number of halogens is 1. The molecule has 0 amide bonds. The molecule has 0 spiro atoms. The lowest BCUT2D eigenvalue weighted by atomic mass is 10.2. The maximum absolute atomic E-state index is 10.8. The van der Waals surface area contributed by atoms with Crippen molar-refractivity contribution in [3.05, 3.63) is 28.2 Å². The first kappa shape index (κ1) is 13.5. The van der Waals surface area contributed by atoms with Crippen LogP contribution in [0.5, 0.6) is 5.75 Å². The smallest absolute Gasteiger partial charge is 0.151 e. The number of hydrogen-bond acceptors (Lipinski definition) is 4. The predicted octanol–water partition coefficient (Wildman–Crippen LogP) is 1.97. The number of morpholine rings is 1. The van der Waals surface area contributed by atoms with E-state index in [0.29, 0.717) is 17.9 Å². The zero-order valence-electron chi connectivity index (χ0n) is 10.3. The molecule has 0 saturated carbocycles. The van der Waals surface area contributed by atoms with Gasteiger partial charge >= 0.3 is 0 Å². The van der Waals surface area contributed by atoms with E-state index in [4.69, 9.17) is 9.47 Å². The van der Waals surface area contributed by atoms with Crippen LogP contribution in [0, 0.1) is 0 Å². The van der Waals surface area contributed by atoms with Gasteiger partial charge in [-0.15, -0.1) is 0 Å². The third-order valence-electron chi connectivity index (χ3n) is 2.87. The van der Waals surface area contributed by atoms with Crippen LogP contribution in [0.25, 0.3) is 0 Å². The van der Waals surface area contributed by atoms with Crippen LogP contribution in [0.15, 0.2) is 22.7 Å². The van der Waals surface area contributed by atoms with Crippen molar-refractivity contribution in [1.29, 1.82) is 0 Å². The molecule has 1 aliphatic rings. The average molecular weight is 314 g/mol. The number of hydrogen-bond donors (Lipinski definition) is 0. The highest BCUT2D eigenvalue weighted by atomic mass is 79.9. The highest BCUT2D eigenvalue weighted by molar-refractivity contribution is 9.10. The van der Waals surface area contributed by atoms with Gasteiger partial charge in [0.25, 0.3) is 0 Å². The van der Waals surface area contributed by atoms with E-state index in [1.807, 2.05) is 12.1 Å². The summed E-state index contributed by atoms with van der Waals surface area (Å²) < 4.78 is 12.0. The Bertz CT molecular complexity index is 425. The summed E-state index contributed by atoms with van der Waals surface area (Å²) in [6, 6.07) is 5.38. The van der Waals surface area contributed by atoms with Gasteiger partial charge in [-0.2, -0.15) is 0 Å².